The molecular weight excluding hydrogens is 476 g/mol. The third-order valence-electron chi connectivity index (χ3n) is 5.40. The van der Waals surface area contributed by atoms with Crippen LogP contribution in [0, 0.1) is 0 Å². The molecule has 172 valence electrons. The summed E-state index contributed by atoms with van der Waals surface area (Å²) < 4.78 is 53.6. The van der Waals surface area contributed by atoms with Crippen LogP contribution in [0.25, 0.3) is 21.5 Å². The predicted octanol–water partition coefficient (Wildman–Crippen LogP) is 4.94. The van der Waals surface area contributed by atoms with Crippen molar-refractivity contribution >= 4 is 60.5 Å². The summed E-state index contributed by atoms with van der Waals surface area (Å²) in [7, 11) is -0.985. The van der Waals surface area contributed by atoms with Crippen LogP contribution >= 0.6 is 9.83 Å². The van der Waals surface area contributed by atoms with Gasteiger partial charge in [0.2, 0.25) is 17.7 Å². The summed E-state index contributed by atoms with van der Waals surface area (Å²) in [5, 5.41) is 2.45. The molecule has 9 heteroatoms. The summed E-state index contributed by atoms with van der Waals surface area (Å²) in [4.78, 5) is 3.74. The SMILES string of the molecule is CN(C)c1cccc2c(S(=O)(=O)SS(=O)(=O)c3cccc4c(N(C)C)cccc34)cccc12. The van der Waals surface area contributed by atoms with E-state index in [2.05, 4.69) is 0 Å². The highest BCUT2D eigenvalue weighted by Crippen LogP contribution is 2.40. The highest BCUT2D eigenvalue weighted by atomic mass is 33.5. The number of nitrogens with zero attached hydrogens (tertiary/aromatic N) is 2. The average molecular weight is 501 g/mol. The number of benzene rings is 4. The summed E-state index contributed by atoms with van der Waals surface area (Å²) in [6, 6.07) is 20.5. The molecule has 0 N–H and O–H groups in total. The molecule has 0 spiro atoms. The Bertz CT molecular complexity index is 1460. The fourth-order valence-corrected chi connectivity index (χ4v) is 11.2. The minimum Gasteiger partial charge on any atom is -0.377 e. The van der Waals surface area contributed by atoms with E-state index < -0.39 is 17.7 Å². The number of hydrogen-bond acceptors (Lipinski definition) is 7. The molecule has 0 aliphatic carbocycles. The molecule has 33 heavy (non-hydrogen) atoms. The van der Waals surface area contributed by atoms with E-state index in [9.17, 15) is 16.8 Å². The first-order valence-electron chi connectivity index (χ1n) is 10.1. The maximum Gasteiger partial charge on any atom is 0.245 e. The summed E-state index contributed by atoms with van der Waals surface area (Å²) in [5.74, 6) is 0. The fraction of sp³-hybridized carbons (Fsp3) is 0.167. The minimum absolute atomic E-state index is 0.0142. The van der Waals surface area contributed by atoms with E-state index in [1.807, 2.05) is 62.3 Å². The Kier molecular flexibility index (Phi) is 6.07. The van der Waals surface area contributed by atoms with Crippen molar-refractivity contribution in [2.24, 2.45) is 0 Å². The Morgan fingerprint density at radius 2 is 0.848 bits per heavy atom. The minimum atomic E-state index is -4.23. The highest BCUT2D eigenvalue weighted by Gasteiger charge is 2.30. The van der Waals surface area contributed by atoms with E-state index in [4.69, 9.17) is 0 Å². The van der Waals surface area contributed by atoms with E-state index in [1.54, 1.807) is 36.4 Å². The maximum absolute atomic E-state index is 13.4. The normalized spacial score (nSPS) is 12.2. The van der Waals surface area contributed by atoms with Gasteiger partial charge in [0, 0.05) is 61.1 Å². The zero-order valence-electron chi connectivity index (χ0n) is 18.7. The summed E-state index contributed by atoms with van der Waals surface area (Å²) in [5.41, 5.74) is 1.70. The molecule has 0 atom stereocenters. The molecule has 0 amide bonds. The van der Waals surface area contributed by atoms with E-state index >= 15 is 0 Å². The molecule has 6 nitrogen and oxygen atoms in total. The second-order valence-electron chi connectivity index (χ2n) is 8.02. The molecule has 4 aromatic rings. The first-order valence-corrected chi connectivity index (χ1v) is 14.9. The monoisotopic (exact) mass is 500 g/mol. The van der Waals surface area contributed by atoms with Crippen molar-refractivity contribution in [2.45, 2.75) is 9.79 Å². The molecule has 0 fully saturated rings. The average Bonchev–Trinajstić information content (AvgIpc) is 2.76. The van der Waals surface area contributed by atoms with Gasteiger partial charge in [0.05, 0.1) is 9.79 Å². The topological polar surface area (TPSA) is 74.8 Å². The van der Waals surface area contributed by atoms with Crippen LogP contribution in [-0.4, -0.2) is 45.0 Å². The molecule has 0 aliphatic rings. The number of fused-ring (bicyclic) bond motifs is 2. The van der Waals surface area contributed by atoms with Crippen molar-refractivity contribution in [2.75, 3.05) is 38.0 Å². The Hall–Kier alpha value is -2.75. The Morgan fingerprint density at radius 1 is 0.515 bits per heavy atom. The van der Waals surface area contributed by atoms with Crippen molar-refractivity contribution in [1.29, 1.82) is 0 Å². The Morgan fingerprint density at radius 3 is 1.21 bits per heavy atom. The molecule has 0 aromatic heterocycles. The quantitative estimate of drug-likeness (QED) is 0.347. The Labute approximate surface area is 197 Å². The molecule has 0 unspecified atom stereocenters. The van der Waals surface area contributed by atoms with Gasteiger partial charge in [-0.15, -0.1) is 0 Å². The van der Waals surface area contributed by atoms with Crippen LogP contribution in [0.5, 0.6) is 0 Å². The third-order valence-corrected chi connectivity index (χ3v) is 12.9. The zero-order chi connectivity index (χ0) is 24.0. The van der Waals surface area contributed by atoms with Gasteiger partial charge in [0.1, 0.15) is 9.83 Å². The van der Waals surface area contributed by atoms with E-state index in [1.165, 1.54) is 12.1 Å². The summed E-state index contributed by atoms with van der Waals surface area (Å²) in [6.45, 7) is 0. The molecule has 4 aromatic carbocycles. The van der Waals surface area contributed by atoms with Crippen molar-refractivity contribution in [3.05, 3.63) is 72.8 Å². The lowest BCUT2D eigenvalue weighted by molar-refractivity contribution is 0.609. The lowest BCUT2D eigenvalue weighted by Gasteiger charge is -2.17. The number of hydrogen-bond donors (Lipinski definition) is 0. The lowest BCUT2D eigenvalue weighted by atomic mass is 10.1. The molecule has 0 bridgehead atoms. The lowest BCUT2D eigenvalue weighted by Crippen LogP contribution is -2.10. The molecule has 0 aliphatic heterocycles. The standard InChI is InChI=1S/C24H24N2O4S3/c1-25(2)21-13-5-11-19-17(21)9-7-15-23(19)32(27,28)31-33(29,30)24-16-8-10-18-20(24)12-6-14-22(18)26(3)4/h5-16H,1-4H3. The second kappa shape index (κ2) is 8.55. The van der Waals surface area contributed by atoms with Crippen LogP contribution in [0.3, 0.4) is 0 Å². The molecule has 0 radical (unpaired) electrons. The van der Waals surface area contributed by atoms with Gasteiger partial charge in [-0.05, 0) is 24.3 Å². The highest BCUT2D eigenvalue weighted by molar-refractivity contribution is 9.04. The van der Waals surface area contributed by atoms with Gasteiger partial charge in [-0.2, -0.15) is 0 Å². The van der Waals surface area contributed by atoms with Crippen LogP contribution < -0.4 is 9.80 Å². The van der Waals surface area contributed by atoms with Crippen molar-refractivity contribution in [3.8, 4) is 0 Å². The molecule has 4 rings (SSSR count). The number of anilines is 2. The molecule has 0 saturated carbocycles. The zero-order valence-corrected chi connectivity index (χ0v) is 21.1. The van der Waals surface area contributed by atoms with Gasteiger partial charge in [-0.25, -0.2) is 16.8 Å². The van der Waals surface area contributed by atoms with E-state index in [-0.39, 0.29) is 19.6 Å². The van der Waals surface area contributed by atoms with Crippen LogP contribution in [0.4, 0.5) is 11.4 Å². The molecule has 0 saturated heterocycles. The predicted molar refractivity (Wildman–Crippen MR) is 139 cm³/mol. The van der Waals surface area contributed by atoms with Gasteiger partial charge in [0.25, 0.3) is 0 Å². The smallest absolute Gasteiger partial charge is 0.245 e. The van der Waals surface area contributed by atoms with Gasteiger partial charge < -0.3 is 9.80 Å². The number of rotatable bonds is 6. The van der Waals surface area contributed by atoms with Crippen LogP contribution in [0.15, 0.2) is 82.6 Å². The van der Waals surface area contributed by atoms with Crippen LogP contribution in [0.1, 0.15) is 0 Å². The molecule has 0 heterocycles. The van der Waals surface area contributed by atoms with E-state index in [0.717, 1.165) is 22.1 Å². The summed E-state index contributed by atoms with van der Waals surface area (Å²) in [6.07, 6.45) is 0. The molecular formula is C24H24N2O4S3. The first kappa shape index (κ1) is 23.4. The fourth-order valence-electron chi connectivity index (χ4n) is 3.94. The van der Waals surface area contributed by atoms with Crippen LogP contribution in [-0.2, 0) is 17.7 Å². The maximum atomic E-state index is 13.4. The third kappa shape index (κ3) is 4.28. The van der Waals surface area contributed by atoms with Crippen molar-refractivity contribution < 1.29 is 16.8 Å². The van der Waals surface area contributed by atoms with Crippen molar-refractivity contribution in [3.63, 3.8) is 0 Å². The van der Waals surface area contributed by atoms with Gasteiger partial charge in [-0.3, -0.25) is 0 Å². The van der Waals surface area contributed by atoms with E-state index in [0.29, 0.717) is 10.8 Å². The van der Waals surface area contributed by atoms with Gasteiger partial charge in [0.15, 0.2) is 0 Å². The largest absolute Gasteiger partial charge is 0.377 e. The van der Waals surface area contributed by atoms with Gasteiger partial charge in [-0.1, -0.05) is 48.5 Å². The second-order valence-corrected chi connectivity index (χ2v) is 15.1. The Balaban J connectivity index is 1.85. The van der Waals surface area contributed by atoms with Crippen molar-refractivity contribution in [1.82, 2.24) is 0 Å². The first-order chi connectivity index (χ1) is 15.5. The summed E-state index contributed by atoms with van der Waals surface area (Å²) >= 11 is 0. The van der Waals surface area contributed by atoms with Crippen LogP contribution in [0.2, 0.25) is 0 Å². The van der Waals surface area contributed by atoms with Gasteiger partial charge >= 0.3 is 0 Å².